The number of hydrogen-bond donors (Lipinski definition) is 2. The number of phenolic OH excluding ortho intramolecular Hbond substituents is 1. The second-order valence-corrected chi connectivity index (χ2v) is 3.34. The van der Waals surface area contributed by atoms with E-state index in [-0.39, 0.29) is 36.7 Å². The average Bonchev–Trinajstić information content (AvgIpc) is 2.19. The van der Waals surface area contributed by atoms with Crippen LogP contribution in [0.2, 0.25) is 0 Å². The average molecular weight is 216 g/mol. The maximum Gasteiger partial charge on any atom is 1.00 e. The standard InChI is InChI=1S/C10H8O2S.Na.H/c11-9-5-6-10(13-12)8-4-2-1-3-7(8)9;;/h1-6,11-12H;;/q;+1;-1. The van der Waals surface area contributed by atoms with Crippen LogP contribution in [0.15, 0.2) is 41.3 Å². The van der Waals surface area contributed by atoms with Crippen LogP contribution in [0.5, 0.6) is 5.75 Å². The second kappa shape index (κ2) is 5.05. The molecule has 0 aliphatic rings. The van der Waals surface area contributed by atoms with Crippen molar-refractivity contribution in [1.29, 1.82) is 0 Å². The van der Waals surface area contributed by atoms with Crippen LogP contribution in [0.4, 0.5) is 0 Å². The normalized spacial score (nSPS) is 9.79. The van der Waals surface area contributed by atoms with E-state index < -0.39 is 0 Å². The van der Waals surface area contributed by atoms with E-state index in [2.05, 4.69) is 0 Å². The first-order valence-electron chi connectivity index (χ1n) is 3.85. The number of hydrogen-bond acceptors (Lipinski definition) is 3. The molecule has 0 aliphatic heterocycles. The summed E-state index contributed by atoms with van der Waals surface area (Å²) < 4.78 is 8.96. The molecule has 0 bridgehead atoms. The molecule has 0 aromatic heterocycles. The van der Waals surface area contributed by atoms with Gasteiger partial charge in [-0.05, 0) is 12.1 Å². The van der Waals surface area contributed by atoms with Crippen LogP contribution in [0.3, 0.4) is 0 Å². The van der Waals surface area contributed by atoms with Crippen molar-refractivity contribution in [3.8, 4) is 5.75 Å². The van der Waals surface area contributed by atoms with Crippen molar-refractivity contribution in [3.05, 3.63) is 36.4 Å². The molecule has 68 valence electrons. The number of aromatic hydroxyl groups is 1. The molecule has 0 saturated carbocycles. The van der Waals surface area contributed by atoms with Crippen LogP contribution in [0.1, 0.15) is 1.43 Å². The number of rotatable bonds is 1. The topological polar surface area (TPSA) is 40.5 Å². The van der Waals surface area contributed by atoms with Gasteiger partial charge in [-0.15, -0.1) is 0 Å². The molecule has 2 N–H and O–H groups in total. The molecule has 0 radical (unpaired) electrons. The van der Waals surface area contributed by atoms with Crippen LogP contribution in [0.25, 0.3) is 10.8 Å². The van der Waals surface area contributed by atoms with Gasteiger partial charge in [0, 0.05) is 27.7 Å². The van der Waals surface area contributed by atoms with E-state index >= 15 is 0 Å². The Bertz CT molecular complexity index is 450. The van der Waals surface area contributed by atoms with Crippen LogP contribution in [-0.4, -0.2) is 9.66 Å². The maximum absolute atomic E-state index is 9.50. The Morgan fingerprint density at radius 1 is 1.00 bits per heavy atom. The smallest absolute Gasteiger partial charge is 1.00 e. The van der Waals surface area contributed by atoms with Crippen molar-refractivity contribution in [2.75, 3.05) is 0 Å². The van der Waals surface area contributed by atoms with E-state index in [1.54, 1.807) is 12.1 Å². The third-order valence-electron chi connectivity index (χ3n) is 1.96. The van der Waals surface area contributed by atoms with E-state index in [1.165, 1.54) is 0 Å². The van der Waals surface area contributed by atoms with Crippen LogP contribution in [-0.2, 0) is 0 Å². The summed E-state index contributed by atoms with van der Waals surface area (Å²) in [6.07, 6.45) is 0. The third kappa shape index (κ3) is 2.07. The van der Waals surface area contributed by atoms with Crippen molar-refractivity contribution in [2.24, 2.45) is 0 Å². The Labute approximate surface area is 110 Å². The van der Waals surface area contributed by atoms with Crippen molar-refractivity contribution in [1.82, 2.24) is 0 Å². The van der Waals surface area contributed by atoms with Crippen LogP contribution >= 0.6 is 12.0 Å². The Hall–Kier alpha value is -0.190. The summed E-state index contributed by atoms with van der Waals surface area (Å²) in [6, 6.07) is 10.7. The van der Waals surface area contributed by atoms with Crippen LogP contribution < -0.4 is 29.6 Å². The van der Waals surface area contributed by atoms with Crippen molar-refractivity contribution in [3.63, 3.8) is 0 Å². The summed E-state index contributed by atoms with van der Waals surface area (Å²) in [7, 11) is 0. The molecule has 0 fully saturated rings. The Morgan fingerprint density at radius 2 is 1.64 bits per heavy atom. The van der Waals surface area contributed by atoms with Gasteiger partial charge in [-0.1, -0.05) is 24.3 Å². The van der Waals surface area contributed by atoms with Gasteiger partial charge in [0.05, 0.1) is 0 Å². The summed E-state index contributed by atoms with van der Waals surface area (Å²) in [4.78, 5) is 0.758. The summed E-state index contributed by atoms with van der Waals surface area (Å²) in [5.41, 5.74) is 0. The van der Waals surface area contributed by atoms with E-state index in [0.717, 1.165) is 15.7 Å². The van der Waals surface area contributed by atoms with Gasteiger partial charge in [0.25, 0.3) is 0 Å². The van der Waals surface area contributed by atoms with Crippen molar-refractivity contribution >= 4 is 22.8 Å². The van der Waals surface area contributed by atoms with E-state index in [9.17, 15) is 5.11 Å². The Balaban J connectivity index is 0.000000980. The molecular weight excluding hydrogens is 207 g/mol. The van der Waals surface area contributed by atoms with E-state index in [4.69, 9.17) is 4.55 Å². The van der Waals surface area contributed by atoms with Gasteiger partial charge in [-0.25, -0.2) is 0 Å². The number of phenols is 1. The molecule has 2 rings (SSSR count). The molecule has 2 aromatic carbocycles. The minimum absolute atomic E-state index is 0. The molecule has 0 saturated heterocycles. The van der Waals surface area contributed by atoms with Gasteiger partial charge in [0.1, 0.15) is 5.75 Å². The van der Waals surface area contributed by atoms with Gasteiger partial charge >= 0.3 is 29.6 Å². The molecule has 0 aliphatic carbocycles. The van der Waals surface area contributed by atoms with Gasteiger partial charge in [-0.2, -0.15) is 0 Å². The quantitative estimate of drug-likeness (QED) is 0.529. The van der Waals surface area contributed by atoms with Gasteiger partial charge in [0.2, 0.25) is 0 Å². The minimum atomic E-state index is 0. The zero-order valence-corrected chi connectivity index (χ0v) is 10.6. The Kier molecular flexibility index (Phi) is 4.29. The molecule has 4 heteroatoms. The first-order valence-corrected chi connectivity index (χ1v) is 4.62. The second-order valence-electron chi connectivity index (χ2n) is 2.72. The molecule has 0 amide bonds. The fourth-order valence-corrected chi connectivity index (χ4v) is 1.74. The molecule has 0 atom stereocenters. The first kappa shape index (κ1) is 11.9. The zero-order chi connectivity index (χ0) is 9.26. The zero-order valence-electron chi connectivity index (χ0n) is 8.77. The summed E-state index contributed by atoms with van der Waals surface area (Å²) >= 11 is 0.696. The largest absolute Gasteiger partial charge is 1.00 e. The molecular formula is C10H9NaO2S. The number of fused-ring (bicyclic) bond motifs is 1. The maximum atomic E-state index is 9.50. The summed E-state index contributed by atoms with van der Waals surface area (Å²) in [5.74, 6) is 0.244. The predicted molar refractivity (Wildman–Crippen MR) is 55.2 cm³/mol. The van der Waals surface area contributed by atoms with Crippen molar-refractivity contribution in [2.45, 2.75) is 4.90 Å². The SMILES string of the molecule is OSc1ccc(O)c2ccccc12.[H-].[Na+]. The van der Waals surface area contributed by atoms with Crippen molar-refractivity contribution < 1.29 is 40.6 Å². The van der Waals surface area contributed by atoms with Crippen LogP contribution in [0, 0.1) is 0 Å². The van der Waals surface area contributed by atoms with Gasteiger partial charge in [0.15, 0.2) is 0 Å². The third-order valence-corrected chi connectivity index (χ3v) is 2.51. The molecule has 0 heterocycles. The fraction of sp³-hybridized carbons (Fsp3) is 0. The molecule has 0 unspecified atom stereocenters. The van der Waals surface area contributed by atoms with Gasteiger partial charge < -0.3 is 11.1 Å². The predicted octanol–water partition coefficient (Wildman–Crippen LogP) is 0.227. The molecule has 14 heavy (non-hydrogen) atoms. The number of benzene rings is 2. The molecule has 2 aromatic rings. The summed E-state index contributed by atoms with van der Waals surface area (Å²) in [5, 5.41) is 11.1. The first-order chi connectivity index (χ1) is 6.33. The monoisotopic (exact) mass is 216 g/mol. The Morgan fingerprint density at radius 3 is 2.29 bits per heavy atom. The minimum Gasteiger partial charge on any atom is -1.00 e. The molecule has 2 nitrogen and oxygen atoms in total. The van der Waals surface area contributed by atoms with Gasteiger partial charge in [-0.3, -0.25) is 0 Å². The van der Waals surface area contributed by atoms with E-state index in [0.29, 0.717) is 12.0 Å². The summed E-state index contributed by atoms with van der Waals surface area (Å²) in [6.45, 7) is 0. The van der Waals surface area contributed by atoms with E-state index in [1.807, 2.05) is 24.3 Å². The molecule has 0 spiro atoms. The fourth-order valence-electron chi connectivity index (χ4n) is 1.34.